The second-order valence-corrected chi connectivity index (χ2v) is 5.95. The lowest BCUT2D eigenvalue weighted by Crippen LogP contribution is -2.04. The summed E-state index contributed by atoms with van der Waals surface area (Å²) in [6, 6.07) is 9.08. The first kappa shape index (κ1) is 24.8. The monoisotopic (exact) mass is 420 g/mol. The van der Waals surface area contributed by atoms with Crippen molar-refractivity contribution in [3.05, 3.63) is 65.1 Å². The summed E-state index contributed by atoms with van der Waals surface area (Å²) in [5.41, 5.74) is 2.15. The molecular weight excluding hydrogens is 396 g/mol. The molecule has 0 bridgehead atoms. The third-order valence-electron chi connectivity index (χ3n) is 4.14. The molecule has 0 spiro atoms. The van der Waals surface area contributed by atoms with E-state index in [9.17, 15) is 20.3 Å². The molecule has 1 aromatic heterocycles. The van der Waals surface area contributed by atoms with E-state index in [2.05, 4.69) is 23.9 Å². The molecule has 0 atom stereocenters. The van der Waals surface area contributed by atoms with Crippen molar-refractivity contribution in [2.24, 2.45) is 0 Å². The standard InChI is InChI=1S/C22H22N2O5.C2H2/c1-4-18(25)17(22(26)27)8-6-14-10-16(12-23)21(19(11-14)29-5-2)15-7-9-20(28-3)24-13-15;1-2/h4,7-11,13,25H,5-6H2,1-3H3,(H,26,27);1-2H/b17-8+,18-4+;. The van der Waals surface area contributed by atoms with E-state index in [4.69, 9.17) is 9.47 Å². The number of nitrogens with zero attached hydrogens (tertiary/aromatic N) is 2. The normalized spacial score (nSPS) is 11.0. The Morgan fingerprint density at radius 1 is 1.29 bits per heavy atom. The van der Waals surface area contributed by atoms with Crippen molar-refractivity contribution >= 4 is 5.97 Å². The SMILES string of the molecule is C#C.C/C=C(O)\C(=C/Cc1cc(C#N)c(-c2ccc(OC)nc2)c(OCC)c1)C(=O)O. The van der Waals surface area contributed by atoms with Crippen LogP contribution >= 0.6 is 0 Å². The van der Waals surface area contributed by atoms with Gasteiger partial charge in [-0.3, -0.25) is 0 Å². The minimum atomic E-state index is -1.23. The highest BCUT2D eigenvalue weighted by atomic mass is 16.5. The van der Waals surface area contributed by atoms with Crippen molar-refractivity contribution < 1.29 is 24.5 Å². The third kappa shape index (κ3) is 6.38. The van der Waals surface area contributed by atoms with Crippen LogP contribution in [0.1, 0.15) is 25.0 Å². The molecule has 2 rings (SSSR count). The number of aliphatic carboxylic acids is 1. The first-order valence-corrected chi connectivity index (χ1v) is 9.27. The van der Waals surface area contributed by atoms with Gasteiger partial charge in [0, 0.05) is 23.4 Å². The number of carboxylic acids is 1. The number of pyridine rings is 1. The van der Waals surface area contributed by atoms with Gasteiger partial charge >= 0.3 is 5.97 Å². The molecule has 0 unspecified atom stereocenters. The van der Waals surface area contributed by atoms with Crippen molar-refractivity contribution in [3.8, 4) is 41.7 Å². The van der Waals surface area contributed by atoms with Gasteiger partial charge in [-0.1, -0.05) is 6.08 Å². The van der Waals surface area contributed by atoms with Gasteiger partial charge in [-0.05, 0) is 50.1 Å². The van der Waals surface area contributed by atoms with Crippen molar-refractivity contribution in [2.75, 3.05) is 13.7 Å². The van der Waals surface area contributed by atoms with Gasteiger partial charge in [-0.15, -0.1) is 12.8 Å². The van der Waals surface area contributed by atoms with Crippen LogP contribution in [0.3, 0.4) is 0 Å². The topological polar surface area (TPSA) is 113 Å². The molecule has 0 aliphatic heterocycles. The van der Waals surface area contributed by atoms with Crippen LogP contribution in [0.5, 0.6) is 11.6 Å². The molecule has 0 saturated heterocycles. The van der Waals surface area contributed by atoms with Gasteiger partial charge in [0.25, 0.3) is 0 Å². The molecule has 7 nitrogen and oxygen atoms in total. The fourth-order valence-electron chi connectivity index (χ4n) is 2.77. The maximum atomic E-state index is 11.3. The maximum Gasteiger partial charge on any atom is 0.339 e. The van der Waals surface area contributed by atoms with Gasteiger partial charge in [0.1, 0.15) is 11.5 Å². The number of ether oxygens (including phenoxy) is 2. The number of aliphatic hydroxyl groups excluding tert-OH is 1. The summed E-state index contributed by atoms with van der Waals surface area (Å²) in [4.78, 5) is 15.5. The highest BCUT2D eigenvalue weighted by molar-refractivity contribution is 5.91. The number of hydrogen-bond donors (Lipinski definition) is 2. The van der Waals surface area contributed by atoms with E-state index in [-0.39, 0.29) is 17.8 Å². The molecule has 1 aromatic carbocycles. The lowest BCUT2D eigenvalue weighted by atomic mass is 9.96. The van der Waals surface area contributed by atoms with Gasteiger partial charge in [0.15, 0.2) is 0 Å². The number of rotatable bonds is 8. The van der Waals surface area contributed by atoms with Crippen LogP contribution in [0.15, 0.2) is 53.9 Å². The number of benzene rings is 1. The van der Waals surface area contributed by atoms with Gasteiger partial charge in [0.2, 0.25) is 5.88 Å². The Kier molecular flexibility index (Phi) is 9.89. The highest BCUT2D eigenvalue weighted by Gasteiger charge is 2.16. The molecule has 0 fully saturated rings. The predicted octanol–water partition coefficient (Wildman–Crippen LogP) is 4.29. The lowest BCUT2D eigenvalue weighted by Gasteiger charge is -2.14. The zero-order valence-corrected chi connectivity index (χ0v) is 17.6. The first-order chi connectivity index (χ1) is 14.9. The van der Waals surface area contributed by atoms with E-state index in [0.29, 0.717) is 40.5 Å². The summed E-state index contributed by atoms with van der Waals surface area (Å²) < 4.78 is 10.8. The average molecular weight is 420 g/mol. The van der Waals surface area contributed by atoms with Crippen LogP contribution < -0.4 is 9.47 Å². The lowest BCUT2D eigenvalue weighted by molar-refractivity contribution is -0.132. The predicted molar refractivity (Wildman–Crippen MR) is 118 cm³/mol. The summed E-state index contributed by atoms with van der Waals surface area (Å²) in [7, 11) is 1.52. The number of terminal acetylenes is 1. The van der Waals surface area contributed by atoms with E-state index < -0.39 is 5.97 Å². The Morgan fingerprint density at radius 3 is 2.48 bits per heavy atom. The average Bonchev–Trinajstić information content (AvgIpc) is 2.80. The van der Waals surface area contributed by atoms with Crippen molar-refractivity contribution in [3.63, 3.8) is 0 Å². The van der Waals surface area contributed by atoms with E-state index >= 15 is 0 Å². The molecular formula is C24H24N2O5. The largest absolute Gasteiger partial charge is 0.507 e. The number of carbonyl (C=O) groups is 1. The third-order valence-corrected chi connectivity index (χ3v) is 4.14. The number of nitriles is 1. The molecule has 0 aliphatic carbocycles. The molecule has 0 radical (unpaired) electrons. The highest BCUT2D eigenvalue weighted by Crippen LogP contribution is 2.35. The summed E-state index contributed by atoms with van der Waals surface area (Å²) in [6.07, 6.45) is 12.5. The number of hydrogen-bond acceptors (Lipinski definition) is 6. The van der Waals surface area contributed by atoms with Crippen molar-refractivity contribution in [1.82, 2.24) is 4.98 Å². The number of carboxylic acid groups (broad SMARTS) is 1. The second kappa shape index (κ2) is 12.4. The number of aromatic nitrogens is 1. The molecule has 2 N–H and O–H groups in total. The summed E-state index contributed by atoms with van der Waals surface area (Å²) in [5, 5.41) is 28.7. The van der Waals surface area contributed by atoms with Gasteiger partial charge in [0.05, 0.1) is 30.9 Å². The van der Waals surface area contributed by atoms with Crippen LogP contribution in [-0.4, -0.2) is 34.9 Å². The molecule has 31 heavy (non-hydrogen) atoms. The molecule has 160 valence electrons. The molecule has 7 heteroatoms. The minimum absolute atomic E-state index is 0.201. The second-order valence-electron chi connectivity index (χ2n) is 5.95. The molecule has 0 aliphatic rings. The van der Waals surface area contributed by atoms with E-state index in [0.717, 1.165) is 0 Å². The first-order valence-electron chi connectivity index (χ1n) is 9.27. The van der Waals surface area contributed by atoms with Crippen molar-refractivity contribution in [2.45, 2.75) is 20.3 Å². The Balaban J connectivity index is 0.00000233. The molecule has 0 amide bonds. The van der Waals surface area contributed by atoms with Crippen LogP contribution in [0, 0.1) is 24.2 Å². The zero-order chi connectivity index (χ0) is 23.4. The van der Waals surface area contributed by atoms with Crippen LogP contribution in [-0.2, 0) is 11.2 Å². The Labute approximate surface area is 181 Å². The van der Waals surface area contributed by atoms with E-state index in [1.54, 1.807) is 37.4 Å². The number of allylic oxidation sites excluding steroid dienone is 2. The summed E-state index contributed by atoms with van der Waals surface area (Å²) in [6.45, 7) is 3.77. The van der Waals surface area contributed by atoms with Crippen LogP contribution in [0.4, 0.5) is 0 Å². The number of methoxy groups -OCH3 is 1. The fourth-order valence-corrected chi connectivity index (χ4v) is 2.77. The quantitative estimate of drug-likeness (QED) is 0.283. The van der Waals surface area contributed by atoms with E-state index in [1.165, 1.54) is 19.3 Å². The minimum Gasteiger partial charge on any atom is -0.507 e. The smallest absolute Gasteiger partial charge is 0.339 e. The van der Waals surface area contributed by atoms with Gasteiger partial charge in [-0.2, -0.15) is 5.26 Å². The number of aliphatic hydroxyl groups is 1. The molecule has 0 saturated carbocycles. The van der Waals surface area contributed by atoms with Gasteiger partial charge in [-0.25, -0.2) is 9.78 Å². The van der Waals surface area contributed by atoms with Gasteiger partial charge < -0.3 is 19.7 Å². The van der Waals surface area contributed by atoms with Crippen molar-refractivity contribution in [1.29, 1.82) is 5.26 Å². The summed E-state index contributed by atoms with van der Waals surface area (Å²) in [5.74, 6) is -0.595. The molecule has 1 heterocycles. The zero-order valence-electron chi connectivity index (χ0n) is 17.6. The Bertz CT molecular complexity index is 1030. The van der Waals surface area contributed by atoms with Crippen LogP contribution in [0.2, 0.25) is 0 Å². The van der Waals surface area contributed by atoms with Crippen LogP contribution in [0.25, 0.3) is 11.1 Å². The summed E-state index contributed by atoms with van der Waals surface area (Å²) >= 11 is 0. The Morgan fingerprint density at radius 2 is 2.00 bits per heavy atom. The Hall–Kier alpha value is -4.23. The molecule has 2 aromatic rings. The van der Waals surface area contributed by atoms with E-state index in [1.807, 2.05) is 6.92 Å². The maximum absolute atomic E-state index is 11.3. The fraction of sp³-hybridized carbons (Fsp3) is 0.208.